The number of amides is 1. The Balaban J connectivity index is 2.65. The molecule has 6 heteroatoms. The molecular formula is C8H6Br2N2O2. The number of fused-ring (bicyclic) bond motifs is 1. The van der Waals surface area contributed by atoms with E-state index < -0.39 is 0 Å². The number of hydrogen-bond donors (Lipinski definition) is 2. The Hall–Kier alpha value is -0.620. The van der Waals surface area contributed by atoms with Gasteiger partial charge in [-0.1, -0.05) is 0 Å². The molecule has 1 aromatic heterocycles. The van der Waals surface area contributed by atoms with Gasteiger partial charge in [-0.05, 0) is 31.9 Å². The Morgan fingerprint density at radius 1 is 1.21 bits per heavy atom. The number of rotatable bonds is 0. The molecule has 0 atom stereocenters. The summed E-state index contributed by atoms with van der Waals surface area (Å²) >= 11 is 6.48. The van der Waals surface area contributed by atoms with Crippen molar-refractivity contribution in [2.45, 2.75) is 6.42 Å². The van der Waals surface area contributed by atoms with Gasteiger partial charge in [0.15, 0.2) is 5.78 Å². The van der Waals surface area contributed by atoms with Gasteiger partial charge in [0.2, 0.25) is 0 Å². The number of halogens is 2. The fourth-order valence-corrected chi connectivity index (χ4v) is 2.30. The van der Waals surface area contributed by atoms with E-state index in [2.05, 4.69) is 42.2 Å². The molecule has 1 aromatic rings. The van der Waals surface area contributed by atoms with Gasteiger partial charge in [-0.15, -0.1) is 0 Å². The van der Waals surface area contributed by atoms with Gasteiger partial charge in [0.05, 0.1) is 14.6 Å². The van der Waals surface area contributed by atoms with Crippen LogP contribution in [0.25, 0.3) is 0 Å². The Kier molecular flexibility index (Phi) is 2.48. The first kappa shape index (κ1) is 9.92. The van der Waals surface area contributed by atoms with Gasteiger partial charge in [-0.3, -0.25) is 9.59 Å². The molecule has 2 rings (SSSR count). The van der Waals surface area contributed by atoms with Gasteiger partial charge in [0.25, 0.3) is 5.91 Å². The van der Waals surface area contributed by atoms with Crippen LogP contribution in [0.1, 0.15) is 27.3 Å². The van der Waals surface area contributed by atoms with Crippen molar-refractivity contribution in [2.75, 3.05) is 6.54 Å². The number of Topliss-reactive ketones (excluding diaryl/α,β-unsaturated/α-hetero) is 1. The van der Waals surface area contributed by atoms with Crippen molar-refractivity contribution in [3.63, 3.8) is 0 Å². The molecule has 0 aliphatic carbocycles. The fraction of sp³-hybridized carbons (Fsp3) is 0.250. The molecule has 0 radical (unpaired) electrons. The van der Waals surface area contributed by atoms with Gasteiger partial charge in [0, 0.05) is 13.0 Å². The van der Waals surface area contributed by atoms with Crippen molar-refractivity contribution >= 4 is 43.6 Å². The molecule has 74 valence electrons. The molecule has 1 aliphatic rings. The monoisotopic (exact) mass is 320 g/mol. The summed E-state index contributed by atoms with van der Waals surface area (Å²) in [5, 5.41) is 2.64. The fourth-order valence-electron chi connectivity index (χ4n) is 1.38. The maximum absolute atomic E-state index is 11.6. The first-order chi connectivity index (χ1) is 6.61. The van der Waals surface area contributed by atoms with E-state index in [4.69, 9.17) is 0 Å². The highest BCUT2D eigenvalue weighted by molar-refractivity contribution is 9.13. The summed E-state index contributed by atoms with van der Waals surface area (Å²) in [7, 11) is 0. The van der Waals surface area contributed by atoms with Crippen LogP contribution in [0.2, 0.25) is 0 Å². The van der Waals surface area contributed by atoms with E-state index in [0.717, 1.165) is 0 Å². The minimum atomic E-state index is -0.239. The normalized spacial score (nSPS) is 16.1. The van der Waals surface area contributed by atoms with Gasteiger partial charge >= 0.3 is 0 Å². The topological polar surface area (TPSA) is 62.0 Å². The Morgan fingerprint density at radius 3 is 2.64 bits per heavy atom. The van der Waals surface area contributed by atoms with Crippen LogP contribution in [0, 0.1) is 0 Å². The predicted octanol–water partition coefficient (Wildman–Crippen LogP) is 1.86. The van der Waals surface area contributed by atoms with E-state index in [1.807, 2.05) is 0 Å². The zero-order valence-corrected chi connectivity index (χ0v) is 10.2. The van der Waals surface area contributed by atoms with Crippen LogP contribution in [0.4, 0.5) is 0 Å². The number of ketones is 1. The second-order valence-electron chi connectivity index (χ2n) is 2.93. The second kappa shape index (κ2) is 3.51. The predicted molar refractivity (Wildman–Crippen MR) is 57.5 cm³/mol. The van der Waals surface area contributed by atoms with E-state index >= 15 is 0 Å². The van der Waals surface area contributed by atoms with Gasteiger partial charge < -0.3 is 10.3 Å². The first-order valence-electron chi connectivity index (χ1n) is 3.99. The van der Waals surface area contributed by atoms with Crippen molar-refractivity contribution in [3.8, 4) is 0 Å². The molecule has 0 aromatic carbocycles. The minimum absolute atomic E-state index is 0.0350. The number of nitrogens with one attached hydrogen (secondary N) is 2. The summed E-state index contributed by atoms with van der Waals surface area (Å²) in [5.74, 6) is -0.274. The lowest BCUT2D eigenvalue weighted by molar-refractivity contribution is 0.0951. The SMILES string of the molecule is O=C1NCCC(=O)c2c1[nH]c(Br)c2Br. The third-order valence-corrected chi connectivity index (χ3v) is 3.96. The largest absolute Gasteiger partial charge is 0.350 e. The zero-order valence-electron chi connectivity index (χ0n) is 6.99. The molecule has 0 saturated carbocycles. The molecule has 0 bridgehead atoms. The minimum Gasteiger partial charge on any atom is -0.350 e. The van der Waals surface area contributed by atoms with Crippen molar-refractivity contribution in [2.24, 2.45) is 0 Å². The van der Waals surface area contributed by atoms with Crippen LogP contribution in [-0.4, -0.2) is 23.2 Å². The van der Waals surface area contributed by atoms with Crippen LogP contribution in [-0.2, 0) is 0 Å². The Bertz CT molecular complexity index is 425. The number of H-pyrrole nitrogens is 1. The number of aromatic amines is 1. The number of aromatic nitrogens is 1. The highest BCUT2D eigenvalue weighted by Gasteiger charge is 2.27. The summed E-state index contributed by atoms with van der Waals surface area (Å²) in [4.78, 5) is 25.9. The first-order valence-corrected chi connectivity index (χ1v) is 5.58. The summed E-state index contributed by atoms with van der Waals surface area (Å²) < 4.78 is 1.24. The molecule has 2 heterocycles. The number of carbonyl (C=O) groups excluding carboxylic acids is 2. The molecular weight excluding hydrogens is 316 g/mol. The average molecular weight is 322 g/mol. The summed E-state index contributed by atoms with van der Waals surface area (Å²) in [5.41, 5.74) is 0.762. The van der Waals surface area contributed by atoms with E-state index in [0.29, 0.717) is 33.3 Å². The van der Waals surface area contributed by atoms with Crippen molar-refractivity contribution < 1.29 is 9.59 Å². The van der Waals surface area contributed by atoms with E-state index in [1.165, 1.54) is 0 Å². The summed E-state index contributed by atoms with van der Waals surface area (Å²) in [6.07, 6.45) is 0.335. The molecule has 2 N–H and O–H groups in total. The lowest BCUT2D eigenvalue weighted by Gasteiger charge is -1.95. The lowest BCUT2D eigenvalue weighted by Crippen LogP contribution is -2.23. The van der Waals surface area contributed by atoms with E-state index in [-0.39, 0.29) is 11.7 Å². The van der Waals surface area contributed by atoms with E-state index in [9.17, 15) is 9.59 Å². The molecule has 14 heavy (non-hydrogen) atoms. The molecule has 4 nitrogen and oxygen atoms in total. The van der Waals surface area contributed by atoms with Crippen LogP contribution < -0.4 is 5.32 Å². The van der Waals surface area contributed by atoms with Crippen LogP contribution in [0.3, 0.4) is 0 Å². The number of carbonyl (C=O) groups is 2. The third kappa shape index (κ3) is 1.42. The maximum Gasteiger partial charge on any atom is 0.268 e. The highest BCUT2D eigenvalue weighted by Crippen LogP contribution is 2.31. The van der Waals surface area contributed by atoms with Gasteiger partial charge in [-0.25, -0.2) is 0 Å². The van der Waals surface area contributed by atoms with Crippen molar-refractivity contribution in [1.29, 1.82) is 0 Å². The maximum atomic E-state index is 11.6. The molecule has 0 saturated heterocycles. The summed E-state index contributed by atoms with van der Waals surface area (Å²) in [6, 6.07) is 0. The van der Waals surface area contributed by atoms with Crippen LogP contribution in [0.15, 0.2) is 9.08 Å². The molecule has 0 fully saturated rings. The average Bonchev–Trinajstić information content (AvgIpc) is 2.35. The van der Waals surface area contributed by atoms with Crippen LogP contribution >= 0.6 is 31.9 Å². The molecule has 1 amide bonds. The van der Waals surface area contributed by atoms with Crippen LogP contribution in [0.5, 0.6) is 0 Å². The summed E-state index contributed by atoms with van der Waals surface area (Å²) in [6.45, 7) is 0.393. The molecule has 0 spiro atoms. The highest BCUT2D eigenvalue weighted by atomic mass is 79.9. The Morgan fingerprint density at radius 2 is 1.93 bits per heavy atom. The van der Waals surface area contributed by atoms with Gasteiger partial charge in [0.1, 0.15) is 5.69 Å². The Labute approximate surface area is 96.7 Å². The van der Waals surface area contributed by atoms with Gasteiger partial charge in [-0.2, -0.15) is 0 Å². The zero-order chi connectivity index (χ0) is 10.3. The lowest BCUT2D eigenvalue weighted by atomic mass is 10.1. The second-order valence-corrected chi connectivity index (χ2v) is 4.52. The standard InChI is InChI=1S/C8H6Br2N2O2/c9-5-4-3(13)1-2-11-8(14)6(4)12-7(5)10/h12H,1-2H2,(H,11,14). The quantitative estimate of drug-likeness (QED) is 0.766. The molecule has 0 unspecified atom stereocenters. The van der Waals surface area contributed by atoms with Crippen molar-refractivity contribution in [1.82, 2.24) is 10.3 Å². The van der Waals surface area contributed by atoms with E-state index in [1.54, 1.807) is 0 Å². The smallest absolute Gasteiger partial charge is 0.268 e. The third-order valence-electron chi connectivity index (χ3n) is 2.04. The number of hydrogen-bond acceptors (Lipinski definition) is 2. The van der Waals surface area contributed by atoms with Crippen molar-refractivity contribution in [3.05, 3.63) is 20.3 Å². The molecule has 1 aliphatic heterocycles.